The van der Waals surface area contributed by atoms with Gasteiger partial charge in [-0.2, -0.15) is 0 Å². The SMILES string of the molecule is CC(C)(C)C1C=CC(c2cc(-c3ccccc3)c3c4ccccc4c4cc(N(c5ccccc5)c5ccccc5)ccc4c3c2-c2ccccc2)=CC1. The Morgan fingerprint density at radius 2 is 1.02 bits per heavy atom. The van der Waals surface area contributed by atoms with Gasteiger partial charge in [0.15, 0.2) is 0 Å². The summed E-state index contributed by atoms with van der Waals surface area (Å²) in [5.41, 5.74) is 11.2. The molecule has 0 fully saturated rings. The van der Waals surface area contributed by atoms with Crippen LogP contribution in [0.25, 0.3) is 60.1 Å². The topological polar surface area (TPSA) is 3.24 Å². The van der Waals surface area contributed by atoms with Crippen molar-refractivity contribution in [1.82, 2.24) is 0 Å². The Balaban J connectivity index is 1.42. The summed E-state index contributed by atoms with van der Waals surface area (Å²) in [6, 6.07) is 62.0. The Labute approximate surface area is 313 Å². The molecule has 0 aliphatic heterocycles. The van der Waals surface area contributed by atoms with Crippen molar-refractivity contribution in [3.05, 3.63) is 194 Å². The third-order valence-electron chi connectivity index (χ3n) is 11.0. The molecule has 0 amide bonds. The molecule has 0 N–H and O–H groups in total. The van der Waals surface area contributed by atoms with E-state index in [9.17, 15) is 0 Å². The Bertz CT molecular complexity index is 2610. The van der Waals surface area contributed by atoms with Crippen LogP contribution in [-0.4, -0.2) is 0 Å². The number of nitrogens with zero attached hydrogens (tertiary/aromatic N) is 1. The molecule has 256 valence electrons. The van der Waals surface area contributed by atoms with E-state index in [0.29, 0.717) is 5.92 Å². The molecule has 1 aliphatic carbocycles. The maximum Gasteiger partial charge on any atom is 0.0468 e. The molecule has 1 nitrogen and oxygen atoms in total. The van der Waals surface area contributed by atoms with Crippen LogP contribution in [0.15, 0.2) is 188 Å². The fraction of sp³-hybridized carbons (Fsp3) is 0.115. The first-order chi connectivity index (χ1) is 26.0. The van der Waals surface area contributed by atoms with Crippen molar-refractivity contribution in [2.45, 2.75) is 27.2 Å². The second-order valence-corrected chi connectivity index (χ2v) is 15.3. The summed E-state index contributed by atoms with van der Waals surface area (Å²) in [5.74, 6) is 0.501. The molecule has 0 saturated heterocycles. The van der Waals surface area contributed by atoms with Gasteiger partial charge < -0.3 is 4.90 Å². The number of fused-ring (bicyclic) bond motifs is 6. The number of benzene rings is 8. The standard InChI is InChI=1S/C52H43N/c1-52(2,3)39-30-28-37(29-31-39)46-35-47(36-18-8-4-9-19-36)50-44-27-17-16-26-43(44)48-34-42(32-33-45(48)51(50)49(46)38-20-10-5-11-21-38)53(40-22-12-6-13-23-40)41-24-14-7-15-25-41/h4-30,32-35,39H,31H2,1-3H3. The molecule has 0 aromatic heterocycles. The summed E-state index contributed by atoms with van der Waals surface area (Å²) in [7, 11) is 0. The van der Waals surface area contributed by atoms with Gasteiger partial charge in [0.25, 0.3) is 0 Å². The maximum absolute atomic E-state index is 2.48. The lowest BCUT2D eigenvalue weighted by molar-refractivity contribution is 0.294. The molecule has 1 aliphatic rings. The van der Waals surface area contributed by atoms with Crippen molar-refractivity contribution in [3.63, 3.8) is 0 Å². The van der Waals surface area contributed by atoms with E-state index in [1.165, 1.54) is 65.7 Å². The van der Waals surface area contributed by atoms with E-state index >= 15 is 0 Å². The average Bonchev–Trinajstić information content (AvgIpc) is 3.21. The van der Waals surface area contributed by atoms with E-state index in [1.54, 1.807) is 0 Å². The average molecular weight is 682 g/mol. The van der Waals surface area contributed by atoms with Crippen LogP contribution < -0.4 is 4.90 Å². The first-order valence-corrected chi connectivity index (χ1v) is 18.8. The molecular formula is C52H43N. The quantitative estimate of drug-likeness (QED) is 0.158. The molecule has 0 saturated carbocycles. The van der Waals surface area contributed by atoms with E-state index in [-0.39, 0.29) is 5.41 Å². The lowest BCUT2D eigenvalue weighted by atomic mass is 9.75. The number of hydrogen-bond acceptors (Lipinski definition) is 1. The Morgan fingerprint density at radius 3 is 1.60 bits per heavy atom. The first kappa shape index (κ1) is 32.7. The zero-order valence-electron chi connectivity index (χ0n) is 30.6. The minimum Gasteiger partial charge on any atom is -0.310 e. The normalized spacial score (nSPS) is 14.5. The predicted octanol–water partition coefficient (Wildman–Crippen LogP) is 15.0. The summed E-state index contributed by atoms with van der Waals surface area (Å²) in [6.45, 7) is 7.05. The van der Waals surface area contributed by atoms with Gasteiger partial charge in [-0.15, -0.1) is 0 Å². The third-order valence-corrected chi connectivity index (χ3v) is 11.0. The van der Waals surface area contributed by atoms with Crippen LogP contribution in [-0.2, 0) is 0 Å². The number of para-hydroxylation sites is 2. The van der Waals surface area contributed by atoms with Crippen molar-refractivity contribution >= 4 is 55.0 Å². The highest BCUT2D eigenvalue weighted by molar-refractivity contribution is 6.32. The van der Waals surface area contributed by atoms with Gasteiger partial charge in [0, 0.05) is 17.1 Å². The monoisotopic (exact) mass is 681 g/mol. The van der Waals surface area contributed by atoms with E-state index in [1.807, 2.05) is 0 Å². The molecule has 8 aromatic carbocycles. The van der Waals surface area contributed by atoms with Crippen LogP contribution >= 0.6 is 0 Å². The van der Waals surface area contributed by atoms with Gasteiger partial charge in [0.1, 0.15) is 0 Å². The van der Waals surface area contributed by atoms with Crippen LogP contribution in [0.1, 0.15) is 32.8 Å². The summed E-state index contributed by atoms with van der Waals surface area (Å²) >= 11 is 0. The smallest absolute Gasteiger partial charge is 0.0468 e. The zero-order valence-corrected chi connectivity index (χ0v) is 30.6. The molecule has 0 heterocycles. The number of rotatable bonds is 6. The van der Waals surface area contributed by atoms with E-state index in [4.69, 9.17) is 0 Å². The fourth-order valence-electron chi connectivity index (χ4n) is 8.32. The molecule has 53 heavy (non-hydrogen) atoms. The molecule has 9 rings (SSSR count). The lowest BCUT2D eigenvalue weighted by Crippen LogP contribution is -2.19. The first-order valence-electron chi connectivity index (χ1n) is 18.8. The van der Waals surface area contributed by atoms with Crippen LogP contribution in [0.2, 0.25) is 0 Å². The third kappa shape index (κ3) is 5.93. The second kappa shape index (κ2) is 13.4. The summed E-state index contributed by atoms with van der Waals surface area (Å²) < 4.78 is 0. The van der Waals surface area contributed by atoms with Crippen molar-refractivity contribution in [3.8, 4) is 22.3 Å². The maximum atomic E-state index is 2.48. The van der Waals surface area contributed by atoms with Crippen LogP contribution in [0.3, 0.4) is 0 Å². The van der Waals surface area contributed by atoms with Crippen LogP contribution in [0, 0.1) is 11.3 Å². The molecule has 1 unspecified atom stereocenters. The van der Waals surface area contributed by atoms with Crippen molar-refractivity contribution in [1.29, 1.82) is 0 Å². The minimum atomic E-state index is 0.208. The Kier molecular flexibility index (Phi) is 8.28. The largest absolute Gasteiger partial charge is 0.310 e. The van der Waals surface area contributed by atoms with E-state index < -0.39 is 0 Å². The Hall–Kier alpha value is -6.18. The zero-order chi connectivity index (χ0) is 35.9. The van der Waals surface area contributed by atoms with Crippen molar-refractivity contribution < 1.29 is 0 Å². The van der Waals surface area contributed by atoms with Gasteiger partial charge in [-0.3, -0.25) is 0 Å². The van der Waals surface area contributed by atoms with E-state index in [0.717, 1.165) is 23.5 Å². The van der Waals surface area contributed by atoms with Gasteiger partial charge in [-0.1, -0.05) is 166 Å². The van der Waals surface area contributed by atoms with Crippen LogP contribution in [0.5, 0.6) is 0 Å². The summed E-state index contributed by atoms with van der Waals surface area (Å²) in [5, 5.41) is 7.62. The van der Waals surface area contributed by atoms with Crippen molar-refractivity contribution in [2.75, 3.05) is 4.90 Å². The molecule has 0 bridgehead atoms. The predicted molar refractivity (Wildman–Crippen MR) is 229 cm³/mol. The highest BCUT2D eigenvalue weighted by Gasteiger charge is 2.26. The molecule has 1 heteroatoms. The second-order valence-electron chi connectivity index (χ2n) is 15.3. The highest BCUT2D eigenvalue weighted by Crippen LogP contribution is 2.50. The fourth-order valence-corrected chi connectivity index (χ4v) is 8.32. The number of allylic oxidation sites excluding steroid dienone is 4. The van der Waals surface area contributed by atoms with E-state index in [2.05, 4.69) is 214 Å². The molecule has 8 aromatic rings. The summed E-state index contributed by atoms with van der Waals surface area (Å²) in [6.07, 6.45) is 8.35. The molecular weight excluding hydrogens is 639 g/mol. The van der Waals surface area contributed by atoms with Gasteiger partial charge in [-0.05, 0) is 126 Å². The highest BCUT2D eigenvalue weighted by atomic mass is 15.1. The van der Waals surface area contributed by atoms with Gasteiger partial charge >= 0.3 is 0 Å². The van der Waals surface area contributed by atoms with Crippen LogP contribution in [0.4, 0.5) is 17.1 Å². The summed E-state index contributed by atoms with van der Waals surface area (Å²) in [4.78, 5) is 2.37. The lowest BCUT2D eigenvalue weighted by Gasteiger charge is -2.30. The molecule has 0 spiro atoms. The molecule has 0 radical (unpaired) electrons. The Morgan fingerprint density at radius 1 is 0.472 bits per heavy atom. The van der Waals surface area contributed by atoms with Gasteiger partial charge in [-0.25, -0.2) is 0 Å². The minimum absolute atomic E-state index is 0.208. The number of anilines is 3. The van der Waals surface area contributed by atoms with Gasteiger partial charge in [0.05, 0.1) is 0 Å². The van der Waals surface area contributed by atoms with Crippen molar-refractivity contribution in [2.24, 2.45) is 11.3 Å². The number of hydrogen-bond donors (Lipinski definition) is 0. The molecule has 1 atom stereocenters. The van der Waals surface area contributed by atoms with Gasteiger partial charge in [0.2, 0.25) is 0 Å².